The molecule has 6 heteroatoms. The molecule has 0 radical (unpaired) electrons. The van der Waals surface area contributed by atoms with Crippen LogP contribution in [0.3, 0.4) is 0 Å². The van der Waals surface area contributed by atoms with E-state index in [1.807, 2.05) is 0 Å². The average Bonchev–Trinajstić information content (AvgIpc) is 3.43. The van der Waals surface area contributed by atoms with Crippen LogP contribution in [0.1, 0.15) is 380 Å². The fraction of sp³-hybridized carbons (Fsp3) is 0.873. The van der Waals surface area contributed by atoms with E-state index in [1.165, 1.54) is 257 Å². The Morgan fingerprint density at radius 2 is 0.468 bits per heavy atom. The Labute approximate surface area is 480 Å². The summed E-state index contributed by atoms with van der Waals surface area (Å²) in [7, 11) is 0. The number of rotatable bonds is 64. The molecule has 452 valence electrons. The molecule has 6 nitrogen and oxygen atoms in total. The summed E-state index contributed by atoms with van der Waals surface area (Å²) in [6.07, 6.45) is 81.7. The molecule has 0 aromatic rings. The van der Waals surface area contributed by atoms with Gasteiger partial charge in [-0.1, -0.05) is 320 Å². The molecule has 0 heterocycles. The molecular weight excluding hydrogens is 949 g/mol. The zero-order chi connectivity index (χ0) is 55.7. The van der Waals surface area contributed by atoms with Gasteiger partial charge in [0.15, 0.2) is 6.10 Å². The maximum atomic E-state index is 12.9. The Bertz CT molecular complexity index is 1290. The topological polar surface area (TPSA) is 78.9 Å². The monoisotopic (exact) mass is 1080 g/mol. The van der Waals surface area contributed by atoms with Gasteiger partial charge in [0, 0.05) is 19.3 Å². The van der Waals surface area contributed by atoms with Crippen LogP contribution in [0.4, 0.5) is 0 Å². The van der Waals surface area contributed by atoms with Gasteiger partial charge in [-0.15, -0.1) is 0 Å². The van der Waals surface area contributed by atoms with Crippen LogP contribution in [0.15, 0.2) is 36.5 Å². The lowest BCUT2D eigenvalue weighted by molar-refractivity contribution is -0.167. The van der Waals surface area contributed by atoms with Crippen molar-refractivity contribution in [2.75, 3.05) is 13.2 Å². The zero-order valence-electron chi connectivity index (χ0n) is 52.0. The third kappa shape index (κ3) is 64.3. The first kappa shape index (κ1) is 74.6. The lowest BCUT2D eigenvalue weighted by atomic mass is 10.0. The SMILES string of the molecule is CCCCC/C=C\C/C=C\CCCCCCCC(=O)OC(COC(=O)CCCCCCCCCCCCCCCCC)COC(=O)CCCCCCCCCCCCCCCCCCC/C=C\CCCCCCCCCC. The van der Waals surface area contributed by atoms with Crippen molar-refractivity contribution in [1.82, 2.24) is 0 Å². The first-order valence-electron chi connectivity index (χ1n) is 34.5. The van der Waals surface area contributed by atoms with Gasteiger partial charge in [-0.2, -0.15) is 0 Å². The first-order valence-corrected chi connectivity index (χ1v) is 34.5. The highest BCUT2D eigenvalue weighted by atomic mass is 16.6. The van der Waals surface area contributed by atoms with Crippen LogP contribution >= 0.6 is 0 Å². The van der Waals surface area contributed by atoms with E-state index in [9.17, 15) is 14.4 Å². The number of allylic oxidation sites excluding steroid dienone is 6. The van der Waals surface area contributed by atoms with E-state index >= 15 is 0 Å². The molecular formula is C71H132O6. The highest BCUT2D eigenvalue weighted by molar-refractivity contribution is 5.71. The van der Waals surface area contributed by atoms with Crippen LogP contribution in [-0.2, 0) is 28.6 Å². The second kappa shape index (κ2) is 66.1. The number of carbonyl (C=O) groups is 3. The fourth-order valence-corrected chi connectivity index (χ4v) is 10.4. The Kier molecular flexibility index (Phi) is 64.1. The predicted octanol–water partition coefficient (Wildman–Crippen LogP) is 23.6. The summed E-state index contributed by atoms with van der Waals surface area (Å²) < 4.78 is 17.0. The molecule has 0 rings (SSSR count). The van der Waals surface area contributed by atoms with Crippen LogP contribution in [0.25, 0.3) is 0 Å². The molecule has 0 spiro atoms. The van der Waals surface area contributed by atoms with Gasteiger partial charge < -0.3 is 14.2 Å². The van der Waals surface area contributed by atoms with Gasteiger partial charge in [0.25, 0.3) is 0 Å². The van der Waals surface area contributed by atoms with Gasteiger partial charge in [-0.25, -0.2) is 0 Å². The highest BCUT2D eigenvalue weighted by Crippen LogP contribution is 2.18. The molecule has 0 aromatic heterocycles. The quantitative estimate of drug-likeness (QED) is 0.0261. The third-order valence-electron chi connectivity index (χ3n) is 15.6. The maximum Gasteiger partial charge on any atom is 0.306 e. The van der Waals surface area contributed by atoms with E-state index in [-0.39, 0.29) is 31.1 Å². The Morgan fingerprint density at radius 1 is 0.260 bits per heavy atom. The summed E-state index contributed by atoms with van der Waals surface area (Å²) in [5, 5.41) is 0. The normalized spacial score (nSPS) is 12.2. The molecule has 0 fully saturated rings. The van der Waals surface area contributed by atoms with Crippen LogP contribution < -0.4 is 0 Å². The summed E-state index contributed by atoms with van der Waals surface area (Å²) >= 11 is 0. The average molecular weight is 1080 g/mol. The van der Waals surface area contributed by atoms with Crippen LogP contribution in [0.5, 0.6) is 0 Å². The molecule has 77 heavy (non-hydrogen) atoms. The van der Waals surface area contributed by atoms with Gasteiger partial charge in [0.2, 0.25) is 0 Å². The molecule has 0 saturated heterocycles. The summed E-state index contributed by atoms with van der Waals surface area (Å²) in [5.74, 6) is -0.860. The van der Waals surface area contributed by atoms with E-state index in [4.69, 9.17) is 14.2 Å². The van der Waals surface area contributed by atoms with Crippen molar-refractivity contribution in [3.8, 4) is 0 Å². The van der Waals surface area contributed by atoms with Crippen LogP contribution in [0.2, 0.25) is 0 Å². The van der Waals surface area contributed by atoms with E-state index in [1.54, 1.807) is 0 Å². The third-order valence-corrected chi connectivity index (χ3v) is 15.6. The van der Waals surface area contributed by atoms with Crippen LogP contribution in [-0.4, -0.2) is 37.2 Å². The lowest BCUT2D eigenvalue weighted by Crippen LogP contribution is -2.30. The van der Waals surface area contributed by atoms with Gasteiger partial charge in [0.1, 0.15) is 13.2 Å². The van der Waals surface area contributed by atoms with E-state index < -0.39 is 6.10 Å². The number of carbonyl (C=O) groups excluding carboxylic acids is 3. The molecule has 1 unspecified atom stereocenters. The van der Waals surface area contributed by atoms with Crippen molar-refractivity contribution >= 4 is 17.9 Å². The summed E-state index contributed by atoms with van der Waals surface area (Å²) in [4.78, 5) is 38.3. The molecule has 0 aromatic carbocycles. The predicted molar refractivity (Wildman–Crippen MR) is 335 cm³/mol. The van der Waals surface area contributed by atoms with Gasteiger partial charge in [-0.3, -0.25) is 14.4 Å². The van der Waals surface area contributed by atoms with Crippen molar-refractivity contribution in [3.63, 3.8) is 0 Å². The van der Waals surface area contributed by atoms with E-state index in [0.717, 1.165) is 83.5 Å². The van der Waals surface area contributed by atoms with Crippen LogP contribution in [0, 0.1) is 0 Å². The minimum atomic E-state index is -0.777. The standard InChI is InChI=1S/C71H132O6/c1-4-7-10-13-16-19-22-25-28-29-30-31-32-33-34-35-36-37-38-39-40-41-44-46-49-52-55-58-61-64-70(73)76-67-68(77-71(74)65-62-59-56-53-50-47-43-27-24-21-18-15-12-9-6-3)66-75-69(72)63-60-57-54-51-48-45-42-26-23-20-17-14-11-8-5-2/h18,21,27,29-30,43,68H,4-17,19-20,22-26,28,31-42,44-67H2,1-3H3/b21-18-,30-29-,43-27-. The number of hydrogen-bond acceptors (Lipinski definition) is 6. The molecule has 0 amide bonds. The second-order valence-electron chi connectivity index (χ2n) is 23.4. The fourth-order valence-electron chi connectivity index (χ4n) is 10.4. The van der Waals surface area contributed by atoms with Gasteiger partial charge in [0.05, 0.1) is 0 Å². The highest BCUT2D eigenvalue weighted by Gasteiger charge is 2.19. The largest absolute Gasteiger partial charge is 0.462 e. The summed E-state index contributed by atoms with van der Waals surface area (Å²) in [6.45, 7) is 6.67. The molecule has 0 aliphatic rings. The lowest BCUT2D eigenvalue weighted by Gasteiger charge is -2.18. The Morgan fingerprint density at radius 3 is 0.753 bits per heavy atom. The molecule has 0 aliphatic carbocycles. The molecule has 1 atom stereocenters. The molecule has 0 N–H and O–H groups in total. The molecule has 0 bridgehead atoms. The minimum Gasteiger partial charge on any atom is -0.462 e. The van der Waals surface area contributed by atoms with Crippen molar-refractivity contribution in [2.24, 2.45) is 0 Å². The Hall–Kier alpha value is -2.37. The smallest absolute Gasteiger partial charge is 0.306 e. The van der Waals surface area contributed by atoms with E-state index in [2.05, 4.69) is 57.2 Å². The second-order valence-corrected chi connectivity index (χ2v) is 23.4. The summed E-state index contributed by atoms with van der Waals surface area (Å²) in [6, 6.07) is 0. The molecule has 0 aliphatic heterocycles. The van der Waals surface area contributed by atoms with Gasteiger partial charge >= 0.3 is 17.9 Å². The number of hydrogen-bond donors (Lipinski definition) is 0. The van der Waals surface area contributed by atoms with Crippen molar-refractivity contribution < 1.29 is 28.6 Å². The molecule has 0 saturated carbocycles. The van der Waals surface area contributed by atoms with E-state index in [0.29, 0.717) is 19.3 Å². The summed E-state index contributed by atoms with van der Waals surface area (Å²) in [5.41, 5.74) is 0. The van der Waals surface area contributed by atoms with Crippen molar-refractivity contribution in [2.45, 2.75) is 386 Å². The first-order chi connectivity index (χ1) is 38.0. The Balaban J connectivity index is 4.18. The maximum absolute atomic E-state index is 12.9. The number of esters is 3. The minimum absolute atomic E-state index is 0.0726. The number of ether oxygens (including phenoxy) is 3. The van der Waals surface area contributed by atoms with Crippen molar-refractivity contribution in [3.05, 3.63) is 36.5 Å². The van der Waals surface area contributed by atoms with Crippen molar-refractivity contribution in [1.29, 1.82) is 0 Å². The number of unbranched alkanes of at least 4 members (excludes halogenated alkanes) is 47. The van der Waals surface area contributed by atoms with Gasteiger partial charge in [-0.05, 0) is 77.0 Å². The zero-order valence-corrected chi connectivity index (χ0v) is 52.0.